The van der Waals surface area contributed by atoms with E-state index in [2.05, 4.69) is 14.7 Å². The molecule has 4 heteroatoms. The Morgan fingerprint density at radius 3 is 2.69 bits per heavy atom. The van der Waals surface area contributed by atoms with Crippen LogP contribution in [-0.4, -0.2) is 16.2 Å². The highest BCUT2D eigenvalue weighted by atomic mass is 32.2. The molecule has 66 valence electrons. The molecule has 0 aliphatic rings. The van der Waals surface area contributed by atoms with Crippen molar-refractivity contribution in [3.05, 3.63) is 30.6 Å². The van der Waals surface area contributed by atoms with E-state index in [-0.39, 0.29) is 0 Å². The second kappa shape index (κ2) is 3.62. The highest BCUT2D eigenvalue weighted by Gasteiger charge is 1.95. The largest absolute Gasteiger partial charge is 0.330 e. The van der Waals surface area contributed by atoms with Crippen molar-refractivity contribution in [2.45, 2.75) is 0 Å². The molecule has 1 N–H and O–H groups in total. The van der Waals surface area contributed by atoms with Gasteiger partial charge in [0.25, 0.3) is 0 Å². The van der Waals surface area contributed by atoms with E-state index in [1.54, 1.807) is 24.3 Å². The summed E-state index contributed by atoms with van der Waals surface area (Å²) in [5.74, 6) is 0. The van der Waals surface area contributed by atoms with Crippen LogP contribution in [0.2, 0.25) is 0 Å². The molecule has 2 rings (SSSR count). The Kier molecular flexibility index (Phi) is 2.31. The van der Waals surface area contributed by atoms with E-state index in [1.165, 1.54) is 0 Å². The molecule has 0 atom stereocenters. The Hall–Kier alpha value is -1.29. The van der Waals surface area contributed by atoms with E-state index >= 15 is 0 Å². The van der Waals surface area contributed by atoms with Crippen LogP contribution in [0.1, 0.15) is 0 Å². The molecule has 0 fully saturated rings. The molecule has 0 aliphatic carbocycles. The normalized spacial score (nSPS) is 10.2. The summed E-state index contributed by atoms with van der Waals surface area (Å²) in [4.78, 5) is 8.40. The molecule has 0 unspecified atom stereocenters. The molecule has 2 aromatic rings. The maximum atomic E-state index is 4.21. The summed E-state index contributed by atoms with van der Waals surface area (Å²) >= 11 is 1.57. The van der Waals surface area contributed by atoms with Crippen molar-refractivity contribution in [1.29, 1.82) is 0 Å². The Morgan fingerprint density at radius 2 is 1.92 bits per heavy atom. The van der Waals surface area contributed by atoms with Crippen molar-refractivity contribution in [2.75, 3.05) is 11.0 Å². The number of aromatic nitrogens is 2. The van der Waals surface area contributed by atoms with Crippen LogP contribution in [0, 0.1) is 0 Å². The molecule has 1 aromatic heterocycles. The third-order valence-corrected chi connectivity index (χ3v) is 2.13. The monoisotopic (exact) mass is 191 g/mol. The Labute approximate surface area is 80.7 Å². The van der Waals surface area contributed by atoms with Crippen LogP contribution in [0.15, 0.2) is 30.6 Å². The lowest BCUT2D eigenvalue weighted by atomic mass is 10.3. The zero-order valence-electron chi connectivity index (χ0n) is 7.19. The summed E-state index contributed by atoms with van der Waals surface area (Å²) < 4.78 is 3.15. The standard InChI is InChI=1S/C9H9N3S/c1-13-12-7-2-3-8-9(6-7)11-5-4-10-8/h2-6,12H,1H3. The zero-order valence-corrected chi connectivity index (χ0v) is 8.01. The lowest BCUT2D eigenvalue weighted by Gasteiger charge is -2.02. The maximum absolute atomic E-state index is 4.21. The number of fused-ring (bicyclic) bond motifs is 1. The minimum atomic E-state index is 0.918. The first-order valence-corrected chi connectivity index (χ1v) is 5.12. The molecule has 0 amide bonds. The number of nitrogens with zero attached hydrogens (tertiary/aromatic N) is 2. The van der Waals surface area contributed by atoms with Crippen LogP contribution in [0.25, 0.3) is 11.0 Å². The minimum absolute atomic E-state index is 0.918. The first kappa shape index (κ1) is 8.31. The lowest BCUT2D eigenvalue weighted by molar-refractivity contribution is 1.29. The molecule has 3 nitrogen and oxygen atoms in total. The molecular weight excluding hydrogens is 182 g/mol. The predicted octanol–water partition coefficient (Wildman–Crippen LogP) is 2.32. The molecule has 0 spiro atoms. The van der Waals surface area contributed by atoms with Gasteiger partial charge in [-0.2, -0.15) is 0 Å². The average molecular weight is 191 g/mol. The summed E-state index contributed by atoms with van der Waals surface area (Å²) in [5.41, 5.74) is 2.90. The van der Waals surface area contributed by atoms with Gasteiger partial charge in [-0.05, 0) is 18.2 Å². The fourth-order valence-electron chi connectivity index (χ4n) is 1.14. The number of hydrogen-bond acceptors (Lipinski definition) is 4. The topological polar surface area (TPSA) is 37.8 Å². The van der Waals surface area contributed by atoms with E-state index in [4.69, 9.17) is 0 Å². The van der Waals surface area contributed by atoms with Gasteiger partial charge >= 0.3 is 0 Å². The predicted molar refractivity (Wildman–Crippen MR) is 56.7 cm³/mol. The van der Waals surface area contributed by atoms with Crippen LogP contribution >= 0.6 is 11.9 Å². The van der Waals surface area contributed by atoms with Crippen LogP contribution in [0.5, 0.6) is 0 Å². The van der Waals surface area contributed by atoms with Crippen LogP contribution in [-0.2, 0) is 0 Å². The van der Waals surface area contributed by atoms with Crippen molar-refractivity contribution in [2.24, 2.45) is 0 Å². The van der Waals surface area contributed by atoms with Crippen LogP contribution < -0.4 is 4.72 Å². The van der Waals surface area contributed by atoms with Crippen molar-refractivity contribution in [3.8, 4) is 0 Å². The van der Waals surface area contributed by atoms with Gasteiger partial charge in [0, 0.05) is 24.3 Å². The molecule has 0 radical (unpaired) electrons. The summed E-state index contributed by atoms with van der Waals surface area (Å²) in [6, 6.07) is 5.94. The minimum Gasteiger partial charge on any atom is -0.330 e. The van der Waals surface area contributed by atoms with E-state index < -0.39 is 0 Å². The number of anilines is 1. The average Bonchev–Trinajstić information content (AvgIpc) is 2.18. The third kappa shape index (κ3) is 1.72. The van der Waals surface area contributed by atoms with Gasteiger partial charge in [-0.15, -0.1) is 0 Å². The van der Waals surface area contributed by atoms with E-state index in [9.17, 15) is 0 Å². The van der Waals surface area contributed by atoms with Crippen molar-refractivity contribution < 1.29 is 0 Å². The quantitative estimate of drug-likeness (QED) is 0.739. The highest BCUT2D eigenvalue weighted by molar-refractivity contribution is 7.99. The maximum Gasteiger partial charge on any atom is 0.0907 e. The Balaban J connectivity index is 2.49. The van der Waals surface area contributed by atoms with E-state index in [0.29, 0.717) is 0 Å². The smallest absolute Gasteiger partial charge is 0.0907 e. The van der Waals surface area contributed by atoms with Gasteiger partial charge in [-0.1, -0.05) is 11.9 Å². The first-order chi connectivity index (χ1) is 6.40. The summed E-state index contributed by atoms with van der Waals surface area (Å²) in [7, 11) is 0. The highest BCUT2D eigenvalue weighted by Crippen LogP contribution is 2.16. The first-order valence-electron chi connectivity index (χ1n) is 3.90. The van der Waals surface area contributed by atoms with Gasteiger partial charge in [0.2, 0.25) is 0 Å². The molecule has 0 saturated heterocycles. The molecule has 1 aromatic carbocycles. The number of nitrogens with one attached hydrogen (secondary N) is 1. The summed E-state index contributed by atoms with van der Waals surface area (Å²) in [5, 5.41) is 0. The van der Waals surface area contributed by atoms with Crippen LogP contribution in [0.4, 0.5) is 5.69 Å². The Morgan fingerprint density at radius 1 is 1.15 bits per heavy atom. The summed E-state index contributed by atoms with van der Waals surface area (Å²) in [6.07, 6.45) is 5.38. The molecule has 0 saturated carbocycles. The third-order valence-electron chi connectivity index (χ3n) is 1.69. The fraction of sp³-hybridized carbons (Fsp3) is 0.111. The second-order valence-corrected chi connectivity index (χ2v) is 3.18. The molecule has 0 aliphatic heterocycles. The SMILES string of the molecule is CSNc1ccc2nccnc2c1. The summed E-state index contributed by atoms with van der Waals surface area (Å²) in [6.45, 7) is 0. The van der Waals surface area contributed by atoms with Gasteiger partial charge in [0.05, 0.1) is 11.0 Å². The van der Waals surface area contributed by atoms with Crippen LogP contribution in [0.3, 0.4) is 0 Å². The molecular formula is C9H9N3S. The second-order valence-electron chi connectivity index (χ2n) is 2.57. The van der Waals surface area contributed by atoms with Gasteiger partial charge in [0.1, 0.15) is 0 Å². The Bertz CT molecular complexity index is 416. The zero-order chi connectivity index (χ0) is 9.10. The molecule has 13 heavy (non-hydrogen) atoms. The molecule has 0 bridgehead atoms. The van der Waals surface area contributed by atoms with Gasteiger partial charge in [0.15, 0.2) is 0 Å². The van der Waals surface area contributed by atoms with Crippen molar-refractivity contribution in [1.82, 2.24) is 9.97 Å². The number of benzene rings is 1. The van der Waals surface area contributed by atoms with Gasteiger partial charge in [-0.3, -0.25) is 9.97 Å². The van der Waals surface area contributed by atoms with E-state index in [1.807, 2.05) is 24.5 Å². The van der Waals surface area contributed by atoms with Gasteiger partial charge in [-0.25, -0.2) is 0 Å². The lowest BCUT2D eigenvalue weighted by Crippen LogP contribution is -1.86. The van der Waals surface area contributed by atoms with E-state index in [0.717, 1.165) is 16.7 Å². The number of rotatable bonds is 2. The van der Waals surface area contributed by atoms with Crippen molar-refractivity contribution in [3.63, 3.8) is 0 Å². The van der Waals surface area contributed by atoms with Gasteiger partial charge < -0.3 is 4.72 Å². The fourth-order valence-corrected chi connectivity index (χ4v) is 1.51. The van der Waals surface area contributed by atoms with Crippen molar-refractivity contribution >= 4 is 28.7 Å². The number of hydrogen-bond donors (Lipinski definition) is 1. The molecule has 1 heterocycles.